The molecule has 0 saturated carbocycles. The molecule has 2 aromatic rings. The molecule has 2 aromatic carbocycles. The van der Waals surface area contributed by atoms with E-state index in [9.17, 15) is 4.79 Å². The molecule has 0 bridgehead atoms. The lowest BCUT2D eigenvalue weighted by Gasteiger charge is -2.34. The van der Waals surface area contributed by atoms with Crippen molar-refractivity contribution >= 4 is 35.0 Å². The topological polar surface area (TPSA) is 35.6 Å². The summed E-state index contributed by atoms with van der Waals surface area (Å²) in [7, 11) is 0. The van der Waals surface area contributed by atoms with E-state index >= 15 is 0 Å². The van der Waals surface area contributed by atoms with Crippen LogP contribution in [0.1, 0.15) is 5.56 Å². The highest BCUT2D eigenvalue weighted by atomic mass is 35.5. The van der Waals surface area contributed by atoms with Crippen LogP contribution in [0.15, 0.2) is 53.4 Å². The van der Waals surface area contributed by atoms with Crippen LogP contribution >= 0.6 is 23.4 Å². The first-order chi connectivity index (χ1) is 12.6. The predicted octanol–water partition coefficient (Wildman–Crippen LogP) is 3.82. The Hall–Kier alpha value is -1.53. The highest BCUT2D eigenvalue weighted by Crippen LogP contribution is 2.20. The van der Waals surface area contributed by atoms with Crippen molar-refractivity contribution in [2.75, 3.05) is 44.3 Å². The van der Waals surface area contributed by atoms with Gasteiger partial charge in [-0.1, -0.05) is 35.9 Å². The third kappa shape index (κ3) is 5.48. The maximum atomic E-state index is 12.2. The third-order valence-corrected chi connectivity index (χ3v) is 5.62. The Labute approximate surface area is 164 Å². The Balaban J connectivity index is 1.43. The summed E-state index contributed by atoms with van der Waals surface area (Å²) in [6.07, 6.45) is 2.09. The van der Waals surface area contributed by atoms with Gasteiger partial charge in [0.15, 0.2) is 0 Å². The van der Waals surface area contributed by atoms with E-state index in [1.807, 2.05) is 18.2 Å². The zero-order chi connectivity index (χ0) is 18.4. The molecule has 1 aliphatic heterocycles. The van der Waals surface area contributed by atoms with Crippen molar-refractivity contribution in [1.29, 1.82) is 0 Å². The zero-order valence-corrected chi connectivity index (χ0v) is 16.5. The average Bonchev–Trinajstić information content (AvgIpc) is 2.66. The number of rotatable bonds is 6. The van der Waals surface area contributed by atoms with Crippen molar-refractivity contribution in [3.63, 3.8) is 0 Å². The summed E-state index contributed by atoms with van der Waals surface area (Å²) < 4.78 is 0. The first kappa shape index (κ1) is 19.2. The van der Waals surface area contributed by atoms with Gasteiger partial charge in [0.2, 0.25) is 5.91 Å². The van der Waals surface area contributed by atoms with Crippen LogP contribution in [0.5, 0.6) is 0 Å². The van der Waals surface area contributed by atoms with E-state index in [1.165, 1.54) is 10.5 Å². The standard InChI is InChI=1S/C20H24ClN3OS/c1-26-17-8-6-16(7-9-17)14-23-10-12-24(13-11-23)15-20(25)22-19-5-3-2-4-18(19)21/h2-9H,10-15H2,1H3,(H,22,25). The number of para-hydroxylation sites is 1. The van der Waals surface area contributed by atoms with Gasteiger partial charge in [-0.15, -0.1) is 11.8 Å². The Morgan fingerprint density at radius 2 is 1.69 bits per heavy atom. The van der Waals surface area contributed by atoms with Crippen molar-refractivity contribution in [2.24, 2.45) is 0 Å². The van der Waals surface area contributed by atoms with E-state index in [4.69, 9.17) is 11.6 Å². The molecule has 0 atom stereocenters. The first-order valence-electron chi connectivity index (χ1n) is 8.76. The van der Waals surface area contributed by atoms with Gasteiger partial charge in [0.05, 0.1) is 17.3 Å². The number of hydrogen-bond donors (Lipinski definition) is 1. The lowest BCUT2D eigenvalue weighted by atomic mass is 10.2. The van der Waals surface area contributed by atoms with Crippen molar-refractivity contribution in [2.45, 2.75) is 11.4 Å². The van der Waals surface area contributed by atoms with E-state index in [1.54, 1.807) is 17.8 Å². The Bertz CT molecular complexity index is 730. The first-order valence-corrected chi connectivity index (χ1v) is 10.4. The van der Waals surface area contributed by atoms with Crippen LogP contribution in [0.2, 0.25) is 5.02 Å². The van der Waals surface area contributed by atoms with Crippen LogP contribution in [-0.4, -0.2) is 54.7 Å². The summed E-state index contributed by atoms with van der Waals surface area (Å²) in [6.45, 7) is 5.13. The minimum Gasteiger partial charge on any atom is -0.324 e. The fourth-order valence-electron chi connectivity index (χ4n) is 3.05. The molecule has 1 heterocycles. The molecule has 1 N–H and O–H groups in total. The fourth-order valence-corrected chi connectivity index (χ4v) is 3.64. The fraction of sp³-hybridized carbons (Fsp3) is 0.350. The summed E-state index contributed by atoms with van der Waals surface area (Å²) in [4.78, 5) is 18.2. The Kier molecular flexibility index (Phi) is 6.97. The third-order valence-electron chi connectivity index (χ3n) is 4.55. The number of piperazine rings is 1. The van der Waals surface area contributed by atoms with Gasteiger partial charge in [0, 0.05) is 37.6 Å². The molecule has 0 aliphatic carbocycles. The molecule has 0 aromatic heterocycles. The highest BCUT2D eigenvalue weighted by Gasteiger charge is 2.19. The highest BCUT2D eigenvalue weighted by molar-refractivity contribution is 7.98. The quantitative estimate of drug-likeness (QED) is 0.762. The molecule has 1 amide bonds. The second kappa shape index (κ2) is 9.42. The number of nitrogens with one attached hydrogen (secondary N) is 1. The van der Waals surface area contributed by atoms with E-state index in [0.717, 1.165) is 32.7 Å². The molecule has 0 radical (unpaired) electrons. The molecule has 0 unspecified atom stereocenters. The van der Waals surface area contributed by atoms with Gasteiger partial charge in [-0.3, -0.25) is 14.6 Å². The maximum absolute atomic E-state index is 12.2. The number of carbonyl (C=O) groups is 1. The summed E-state index contributed by atoms with van der Waals surface area (Å²) in [6, 6.07) is 16.1. The second-order valence-electron chi connectivity index (χ2n) is 6.43. The number of hydrogen-bond acceptors (Lipinski definition) is 4. The van der Waals surface area contributed by atoms with Crippen LogP contribution < -0.4 is 5.32 Å². The average molecular weight is 390 g/mol. The van der Waals surface area contributed by atoms with Gasteiger partial charge in [-0.25, -0.2) is 0 Å². The van der Waals surface area contributed by atoms with E-state index in [2.05, 4.69) is 45.6 Å². The predicted molar refractivity (Wildman–Crippen MR) is 110 cm³/mol. The van der Waals surface area contributed by atoms with Crippen molar-refractivity contribution < 1.29 is 4.79 Å². The van der Waals surface area contributed by atoms with Crippen LogP contribution in [0, 0.1) is 0 Å². The van der Waals surface area contributed by atoms with Crippen molar-refractivity contribution in [1.82, 2.24) is 9.80 Å². The molecule has 1 saturated heterocycles. The normalized spacial score (nSPS) is 15.8. The molecule has 4 nitrogen and oxygen atoms in total. The van der Waals surface area contributed by atoms with Gasteiger partial charge in [-0.05, 0) is 36.1 Å². The van der Waals surface area contributed by atoms with Gasteiger partial charge >= 0.3 is 0 Å². The SMILES string of the molecule is CSc1ccc(CN2CCN(CC(=O)Nc3ccccc3Cl)CC2)cc1. The van der Waals surface area contributed by atoms with Gasteiger partial charge in [0.1, 0.15) is 0 Å². The molecule has 1 fully saturated rings. The maximum Gasteiger partial charge on any atom is 0.238 e. The summed E-state index contributed by atoms with van der Waals surface area (Å²) in [5, 5.41) is 3.46. The smallest absolute Gasteiger partial charge is 0.238 e. The van der Waals surface area contributed by atoms with Gasteiger partial charge in [-0.2, -0.15) is 0 Å². The summed E-state index contributed by atoms with van der Waals surface area (Å²) >= 11 is 7.85. The van der Waals surface area contributed by atoms with Gasteiger partial charge < -0.3 is 5.32 Å². The largest absolute Gasteiger partial charge is 0.324 e. The van der Waals surface area contributed by atoms with E-state index in [0.29, 0.717) is 17.3 Å². The minimum atomic E-state index is -0.0146. The monoisotopic (exact) mass is 389 g/mol. The number of thioether (sulfide) groups is 1. The molecule has 26 heavy (non-hydrogen) atoms. The number of anilines is 1. The summed E-state index contributed by atoms with van der Waals surface area (Å²) in [5.74, 6) is -0.0146. The molecular formula is C20H24ClN3OS. The molecule has 6 heteroatoms. The zero-order valence-electron chi connectivity index (χ0n) is 15.0. The van der Waals surface area contributed by atoms with Crippen molar-refractivity contribution in [3.05, 3.63) is 59.1 Å². The molecule has 138 valence electrons. The summed E-state index contributed by atoms with van der Waals surface area (Å²) in [5.41, 5.74) is 2.01. The Morgan fingerprint density at radius 1 is 1.04 bits per heavy atom. The lowest BCUT2D eigenvalue weighted by molar-refractivity contribution is -0.117. The van der Waals surface area contributed by atoms with Crippen LogP contribution in [0.3, 0.4) is 0 Å². The number of nitrogens with zero attached hydrogens (tertiary/aromatic N) is 2. The van der Waals surface area contributed by atoms with E-state index < -0.39 is 0 Å². The molecule has 1 aliphatic rings. The van der Waals surface area contributed by atoms with Crippen molar-refractivity contribution in [3.8, 4) is 0 Å². The second-order valence-corrected chi connectivity index (χ2v) is 7.72. The van der Waals surface area contributed by atoms with Crippen LogP contribution in [-0.2, 0) is 11.3 Å². The van der Waals surface area contributed by atoms with Crippen LogP contribution in [0.4, 0.5) is 5.69 Å². The number of halogens is 1. The number of carbonyl (C=O) groups excluding carboxylic acids is 1. The van der Waals surface area contributed by atoms with Crippen LogP contribution in [0.25, 0.3) is 0 Å². The van der Waals surface area contributed by atoms with Gasteiger partial charge in [0.25, 0.3) is 0 Å². The number of benzene rings is 2. The van der Waals surface area contributed by atoms with E-state index in [-0.39, 0.29) is 5.91 Å². The molecular weight excluding hydrogens is 366 g/mol. The number of amides is 1. The lowest BCUT2D eigenvalue weighted by Crippen LogP contribution is -2.48. The molecule has 0 spiro atoms. The Morgan fingerprint density at radius 3 is 2.35 bits per heavy atom. The molecule has 3 rings (SSSR count). The minimum absolute atomic E-state index is 0.0146.